The topological polar surface area (TPSA) is 54.3 Å². The maximum atomic E-state index is 9.05. The second-order valence-electron chi connectivity index (χ2n) is 4.11. The van der Waals surface area contributed by atoms with Gasteiger partial charge in [0, 0.05) is 19.0 Å². The summed E-state index contributed by atoms with van der Waals surface area (Å²) in [6, 6.07) is 8.28. The fraction of sp³-hybridized carbons (Fsp3) is 0.417. The van der Waals surface area contributed by atoms with Gasteiger partial charge in [0.25, 0.3) is 0 Å². The Balaban J connectivity index is 1.92. The number of hydrogen-bond acceptors (Lipinski definition) is 4. The van der Waals surface area contributed by atoms with Gasteiger partial charge in [-0.25, -0.2) is 0 Å². The van der Waals surface area contributed by atoms with Gasteiger partial charge in [0.1, 0.15) is 0 Å². The molecule has 0 unspecified atom stereocenters. The fourth-order valence-corrected chi connectivity index (χ4v) is 2.31. The highest BCUT2D eigenvalue weighted by Crippen LogP contribution is 2.37. The van der Waals surface area contributed by atoms with Crippen LogP contribution in [0.1, 0.15) is 11.5 Å². The average Bonchev–Trinajstić information content (AvgIpc) is 2.96. The van der Waals surface area contributed by atoms with Crippen molar-refractivity contribution in [2.45, 2.75) is 5.92 Å². The van der Waals surface area contributed by atoms with Gasteiger partial charge < -0.3 is 14.8 Å². The number of fused-ring (bicyclic) bond motifs is 1. The van der Waals surface area contributed by atoms with E-state index in [1.54, 1.807) is 0 Å². The van der Waals surface area contributed by atoms with Crippen molar-refractivity contribution in [2.75, 3.05) is 19.9 Å². The van der Waals surface area contributed by atoms with Crippen molar-refractivity contribution in [2.24, 2.45) is 5.92 Å². The summed E-state index contributed by atoms with van der Waals surface area (Å²) in [5.41, 5.74) is 1.15. The molecule has 2 aliphatic heterocycles. The number of hydrogen-bond donors (Lipinski definition) is 1. The third-order valence-corrected chi connectivity index (χ3v) is 3.20. The molecule has 82 valence electrons. The number of nitrogens with one attached hydrogen (secondary N) is 1. The first kappa shape index (κ1) is 9.49. The zero-order valence-electron chi connectivity index (χ0n) is 8.77. The summed E-state index contributed by atoms with van der Waals surface area (Å²) in [5.74, 6) is 1.91. The van der Waals surface area contributed by atoms with E-state index < -0.39 is 0 Å². The van der Waals surface area contributed by atoms with Crippen LogP contribution in [-0.4, -0.2) is 19.9 Å². The van der Waals surface area contributed by atoms with Crippen LogP contribution in [0.3, 0.4) is 0 Å². The molecule has 0 aromatic heterocycles. The van der Waals surface area contributed by atoms with Crippen LogP contribution in [0.25, 0.3) is 0 Å². The van der Waals surface area contributed by atoms with Gasteiger partial charge in [-0.05, 0) is 17.7 Å². The van der Waals surface area contributed by atoms with Gasteiger partial charge in [-0.15, -0.1) is 0 Å². The highest BCUT2D eigenvalue weighted by molar-refractivity contribution is 5.46. The lowest BCUT2D eigenvalue weighted by Crippen LogP contribution is -2.08. The van der Waals surface area contributed by atoms with Crippen LogP contribution < -0.4 is 14.8 Å². The molecule has 3 rings (SSSR count). The minimum atomic E-state index is 0.0559. The van der Waals surface area contributed by atoms with Gasteiger partial charge >= 0.3 is 0 Å². The van der Waals surface area contributed by atoms with Crippen LogP contribution in [0.2, 0.25) is 0 Å². The minimum absolute atomic E-state index is 0.0559. The third-order valence-electron chi connectivity index (χ3n) is 3.20. The summed E-state index contributed by atoms with van der Waals surface area (Å²) in [5, 5.41) is 12.3. The number of benzene rings is 1. The van der Waals surface area contributed by atoms with Crippen LogP contribution >= 0.6 is 0 Å². The molecule has 1 N–H and O–H groups in total. The van der Waals surface area contributed by atoms with Crippen LogP contribution in [0.4, 0.5) is 0 Å². The molecular formula is C12H12N2O2. The molecule has 0 radical (unpaired) electrons. The second kappa shape index (κ2) is 3.69. The summed E-state index contributed by atoms with van der Waals surface area (Å²) in [6.07, 6.45) is 0. The largest absolute Gasteiger partial charge is 0.454 e. The molecule has 0 saturated carbocycles. The Kier molecular flexibility index (Phi) is 2.19. The first-order chi connectivity index (χ1) is 7.88. The van der Waals surface area contributed by atoms with Crippen molar-refractivity contribution >= 4 is 0 Å². The molecule has 4 nitrogen and oxygen atoms in total. The highest BCUT2D eigenvalue weighted by Gasteiger charge is 2.29. The molecule has 1 aromatic rings. The van der Waals surface area contributed by atoms with Gasteiger partial charge in [-0.3, -0.25) is 0 Å². The number of rotatable bonds is 1. The molecule has 2 aliphatic rings. The first-order valence-electron chi connectivity index (χ1n) is 5.38. The summed E-state index contributed by atoms with van der Waals surface area (Å²) in [7, 11) is 0. The average molecular weight is 216 g/mol. The Morgan fingerprint density at radius 1 is 1.25 bits per heavy atom. The maximum Gasteiger partial charge on any atom is 0.231 e. The van der Waals surface area contributed by atoms with Crippen molar-refractivity contribution in [3.05, 3.63) is 23.8 Å². The number of nitriles is 1. The van der Waals surface area contributed by atoms with Crippen LogP contribution in [0, 0.1) is 17.2 Å². The van der Waals surface area contributed by atoms with E-state index in [0.29, 0.717) is 6.79 Å². The highest BCUT2D eigenvalue weighted by atomic mass is 16.7. The quantitative estimate of drug-likeness (QED) is 0.767. The molecule has 0 spiro atoms. The van der Waals surface area contributed by atoms with Gasteiger partial charge in [0.15, 0.2) is 11.5 Å². The zero-order valence-corrected chi connectivity index (χ0v) is 8.77. The lowest BCUT2D eigenvalue weighted by atomic mass is 9.90. The van der Waals surface area contributed by atoms with Crippen molar-refractivity contribution in [1.82, 2.24) is 5.32 Å². The summed E-state index contributed by atoms with van der Waals surface area (Å²) < 4.78 is 10.6. The standard InChI is InChI=1S/C12H12N2O2/c13-4-9-5-14-6-10(9)8-1-2-11-12(3-8)16-7-15-11/h1-3,9-10,14H,5-7H2/t9-,10+/m1/s1. The third kappa shape index (κ3) is 1.41. The van der Waals surface area contributed by atoms with E-state index in [0.717, 1.165) is 30.2 Å². The maximum absolute atomic E-state index is 9.05. The Bertz CT molecular complexity index is 453. The van der Waals surface area contributed by atoms with Gasteiger partial charge in [0.2, 0.25) is 6.79 Å². The summed E-state index contributed by atoms with van der Waals surface area (Å²) in [6.45, 7) is 1.93. The molecule has 1 fully saturated rings. The monoisotopic (exact) mass is 216 g/mol. The van der Waals surface area contributed by atoms with E-state index in [2.05, 4.69) is 11.4 Å². The van der Waals surface area contributed by atoms with E-state index >= 15 is 0 Å². The minimum Gasteiger partial charge on any atom is -0.454 e. The van der Waals surface area contributed by atoms with Crippen molar-refractivity contribution in [3.8, 4) is 17.6 Å². The predicted octanol–water partition coefficient (Wildman–Crippen LogP) is 1.24. The Morgan fingerprint density at radius 3 is 3.00 bits per heavy atom. The van der Waals surface area contributed by atoms with E-state index in [1.807, 2.05) is 18.2 Å². The summed E-state index contributed by atoms with van der Waals surface area (Å²) in [4.78, 5) is 0. The normalized spacial score (nSPS) is 26.7. The first-order valence-corrected chi connectivity index (χ1v) is 5.38. The lowest BCUT2D eigenvalue weighted by Gasteiger charge is -2.12. The molecule has 1 aromatic carbocycles. The molecule has 0 bridgehead atoms. The van der Waals surface area contributed by atoms with Gasteiger partial charge in [-0.1, -0.05) is 6.07 Å². The fourth-order valence-electron chi connectivity index (χ4n) is 2.31. The molecule has 4 heteroatoms. The Morgan fingerprint density at radius 2 is 2.12 bits per heavy atom. The van der Waals surface area contributed by atoms with Crippen LogP contribution in [0.15, 0.2) is 18.2 Å². The van der Waals surface area contributed by atoms with Crippen LogP contribution in [-0.2, 0) is 0 Å². The van der Waals surface area contributed by atoms with E-state index in [-0.39, 0.29) is 11.8 Å². The van der Waals surface area contributed by atoms with Gasteiger partial charge in [0.05, 0.1) is 12.0 Å². The van der Waals surface area contributed by atoms with Crippen LogP contribution in [0.5, 0.6) is 11.5 Å². The van der Waals surface area contributed by atoms with E-state index in [1.165, 1.54) is 0 Å². The molecule has 2 heterocycles. The lowest BCUT2D eigenvalue weighted by molar-refractivity contribution is 0.174. The molecule has 0 amide bonds. The molecular weight excluding hydrogens is 204 g/mol. The van der Waals surface area contributed by atoms with Crippen molar-refractivity contribution in [1.29, 1.82) is 5.26 Å². The number of ether oxygens (including phenoxy) is 2. The molecule has 0 aliphatic carbocycles. The zero-order chi connectivity index (χ0) is 11.0. The van der Waals surface area contributed by atoms with E-state index in [4.69, 9.17) is 14.7 Å². The summed E-state index contributed by atoms with van der Waals surface area (Å²) >= 11 is 0. The number of nitrogens with zero attached hydrogens (tertiary/aromatic N) is 1. The van der Waals surface area contributed by atoms with Crippen molar-refractivity contribution in [3.63, 3.8) is 0 Å². The predicted molar refractivity (Wildman–Crippen MR) is 57.3 cm³/mol. The SMILES string of the molecule is N#C[C@@H]1CNC[C@H]1c1ccc2c(c1)OCO2. The molecule has 1 saturated heterocycles. The molecule has 16 heavy (non-hydrogen) atoms. The van der Waals surface area contributed by atoms with Crippen molar-refractivity contribution < 1.29 is 9.47 Å². The Hall–Kier alpha value is -1.73. The van der Waals surface area contributed by atoms with Gasteiger partial charge in [-0.2, -0.15) is 5.26 Å². The van der Waals surface area contributed by atoms with E-state index in [9.17, 15) is 0 Å². The Labute approximate surface area is 93.8 Å². The second-order valence-corrected chi connectivity index (χ2v) is 4.11. The smallest absolute Gasteiger partial charge is 0.231 e. The molecule has 2 atom stereocenters.